The van der Waals surface area contributed by atoms with Crippen LogP contribution < -0.4 is 10.7 Å². The number of H-pyrrole nitrogens is 1. The van der Waals surface area contributed by atoms with Crippen molar-refractivity contribution in [3.05, 3.63) is 70.3 Å². The van der Waals surface area contributed by atoms with Crippen molar-refractivity contribution in [3.8, 4) is 0 Å². The second kappa shape index (κ2) is 5.95. The van der Waals surface area contributed by atoms with Crippen LogP contribution >= 0.6 is 0 Å². The summed E-state index contributed by atoms with van der Waals surface area (Å²) in [7, 11) is -1.68. The van der Waals surface area contributed by atoms with Crippen LogP contribution in [0.25, 0.3) is 21.9 Å². The van der Waals surface area contributed by atoms with Crippen LogP contribution in [0.1, 0.15) is 11.1 Å². The fourth-order valence-electron chi connectivity index (χ4n) is 3.50. The monoisotopic (exact) mass is 361 g/mol. The Hall–Kier alpha value is -2.66. The molecule has 0 aliphatic carbocycles. The van der Waals surface area contributed by atoms with E-state index in [4.69, 9.17) is 0 Å². The van der Waals surface area contributed by atoms with Crippen molar-refractivity contribution >= 4 is 35.2 Å². The van der Waals surface area contributed by atoms with Gasteiger partial charge in [0.1, 0.15) is 11.2 Å². The normalized spacial score (nSPS) is 12.2. The Morgan fingerprint density at radius 3 is 2.58 bits per heavy atom. The third kappa shape index (κ3) is 2.78. The second-order valence-corrected chi connectivity index (χ2v) is 13.0. The number of nitrogens with one attached hydrogen (secondary N) is 1. The summed E-state index contributed by atoms with van der Waals surface area (Å²) in [5.41, 5.74) is 3.71. The number of hydrogen-bond donors (Lipinski definition) is 1. The maximum Gasteiger partial charge on any atom is 0.275 e. The molecule has 0 spiro atoms. The molecule has 0 saturated heterocycles. The van der Waals surface area contributed by atoms with Gasteiger partial charge >= 0.3 is 0 Å². The molecule has 0 atom stereocenters. The van der Waals surface area contributed by atoms with Crippen LogP contribution in [0.2, 0.25) is 19.6 Å². The van der Waals surface area contributed by atoms with Gasteiger partial charge < -0.3 is 9.55 Å². The number of hydrogen-bond acceptors (Lipinski definition) is 2. The molecule has 4 nitrogen and oxygen atoms in total. The van der Waals surface area contributed by atoms with Crippen molar-refractivity contribution in [2.75, 3.05) is 0 Å². The molecule has 3 heterocycles. The number of aryl methyl sites for hydroxylation is 1. The van der Waals surface area contributed by atoms with E-state index in [9.17, 15) is 4.79 Å². The summed E-state index contributed by atoms with van der Waals surface area (Å²) < 4.78 is 1.84. The van der Waals surface area contributed by atoms with Gasteiger partial charge in [-0.3, -0.25) is 4.79 Å². The first-order valence-corrected chi connectivity index (χ1v) is 12.4. The van der Waals surface area contributed by atoms with E-state index in [1.807, 2.05) is 35.9 Å². The standard InChI is InChI=1S/C21H23N3OSi/c1-14-10-16-18-17(26(2,3)4)13-24(12-15-8-6-5-7-9-15)21(25)19(18)23-20(16)22-11-14/h5-11,13H,12H2,1-4H3,(H,22,23). The van der Waals surface area contributed by atoms with Crippen molar-refractivity contribution in [1.29, 1.82) is 0 Å². The predicted octanol–water partition coefficient (Wildman–Crippen LogP) is 3.78. The van der Waals surface area contributed by atoms with Crippen molar-refractivity contribution in [3.63, 3.8) is 0 Å². The summed E-state index contributed by atoms with van der Waals surface area (Å²) in [5, 5.41) is 3.41. The fourth-order valence-corrected chi connectivity index (χ4v) is 5.06. The van der Waals surface area contributed by atoms with E-state index >= 15 is 0 Å². The van der Waals surface area contributed by atoms with Gasteiger partial charge in [0, 0.05) is 23.2 Å². The van der Waals surface area contributed by atoms with Crippen LogP contribution in [0.4, 0.5) is 0 Å². The molecule has 1 aromatic carbocycles. The molecule has 0 amide bonds. The van der Waals surface area contributed by atoms with E-state index in [-0.39, 0.29) is 5.56 Å². The van der Waals surface area contributed by atoms with Crippen LogP contribution in [0, 0.1) is 6.92 Å². The lowest BCUT2D eigenvalue weighted by Crippen LogP contribution is -2.41. The topological polar surface area (TPSA) is 50.7 Å². The molecule has 0 unspecified atom stereocenters. The van der Waals surface area contributed by atoms with Crippen molar-refractivity contribution < 1.29 is 0 Å². The van der Waals surface area contributed by atoms with Gasteiger partial charge in [-0.2, -0.15) is 0 Å². The lowest BCUT2D eigenvalue weighted by molar-refractivity contribution is 0.769. The van der Waals surface area contributed by atoms with Gasteiger partial charge in [0.25, 0.3) is 5.56 Å². The first-order valence-electron chi connectivity index (χ1n) is 8.90. The van der Waals surface area contributed by atoms with Gasteiger partial charge in [0.15, 0.2) is 0 Å². The van der Waals surface area contributed by atoms with Gasteiger partial charge in [-0.15, -0.1) is 0 Å². The molecule has 1 N–H and O–H groups in total. The van der Waals surface area contributed by atoms with Crippen LogP contribution in [-0.2, 0) is 6.54 Å². The summed E-state index contributed by atoms with van der Waals surface area (Å²) in [6, 6.07) is 12.3. The van der Waals surface area contributed by atoms with E-state index in [0.29, 0.717) is 12.1 Å². The summed E-state index contributed by atoms with van der Waals surface area (Å²) in [6.07, 6.45) is 3.92. The molecular weight excluding hydrogens is 338 g/mol. The van der Waals surface area contributed by atoms with Gasteiger partial charge in [-0.25, -0.2) is 4.98 Å². The van der Waals surface area contributed by atoms with E-state index in [1.54, 1.807) is 0 Å². The average Bonchev–Trinajstić information content (AvgIpc) is 2.96. The molecular formula is C21H23N3OSi. The molecule has 132 valence electrons. The molecule has 3 aromatic heterocycles. The number of pyridine rings is 2. The molecule has 0 fully saturated rings. The Kier molecular flexibility index (Phi) is 3.84. The SMILES string of the molecule is Cc1cnc2[nH]c3c(=O)n(Cc4ccccc4)cc([Si](C)(C)C)c3c2c1. The van der Waals surface area contributed by atoms with Crippen LogP contribution in [0.5, 0.6) is 0 Å². The van der Waals surface area contributed by atoms with E-state index in [0.717, 1.165) is 27.5 Å². The number of fused-ring (bicyclic) bond motifs is 3. The molecule has 4 aromatic rings. The van der Waals surface area contributed by atoms with E-state index in [2.05, 4.69) is 54.0 Å². The Morgan fingerprint density at radius 1 is 1.15 bits per heavy atom. The highest BCUT2D eigenvalue weighted by Crippen LogP contribution is 2.23. The highest BCUT2D eigenvalue weighted by Gasteiger charge is 2.24. The number of aromatic nitrogens is 3. The lowest BCUT2D eigenvalue weighted by Gasteiger charge is -2.20. The number of benzene rings is 1. The van der Waals surface area contributed by atoms with Crippen LogP contribution in [0.3, 0.4) is 0 Å². The maximum atomic E-state index is 13.2. The molecule has 5 heteroatoms. The van der Waals surface area contributed by atoms with E-state index in [1.165, 1.54) is 5.19 Å². The van der Waals surface area contributed by atoms with Crippen LogP contribution in [-0.4, -0.2) is 22.6 Å². The molecule has 0 saturated carbocycles. The summed E-state index contributed by atoms with van der Waals surface area (Å²) in [5.74, 6) is 0. The molecule has 26 heavy (non-hydrogen) atoms. The molecule has 4 rings (SSSR count). The third-order valence-corrected chi connectivity index (χ3v) is 6.82. The Balaban J connectivity index is 2.06. The molecule has 0 aliphatic rings. The minimum atomic E-state index is -1.68. The van der Waals surface area contributed by atoms with Gasteiger partial charge in [0.05, 0.1) is 14.6 Å². The number of aromatic amines is 1. The third-order valence-electron chi connectivity index (χ3n) is 4.82. The van der Waals surface area contributed by atoms with Crippen molar-refractivity contribution in [2.45, 2.75) is 33.1 Å². The molecule has 0 radical (unpaired) electrons. The average molecular weight is 362 g/mol. The van der Waals surface area contributed by atoms with Crippen molar-refractivity contribution in [1.82, 2.24) is 14.5 Å². The highest BCUT2D eigenvalue weighted by molar-refractivity contribution is 6.90. The maximum absolute atomic E-state index is 13.2. The Morgan fingerprint density at radius 2 is 1.88 bits per heavy atom. The Bertz CT molecular complexity index is 1170. The zero-order valence-electron chi connectivity index (χ0n) is 15.6. The quantitative estimate of drug-likeness (QED) is 0.565. The second-order valence-electron chi connectivity index (χ2n) is 8.00. The highest BCUT2D eigenvalue weighted by atomic mass is 28.3. The largest absolute Gasteiger partial charge is 0.335 e. The first-order chi connectivity index (χ1) is 12.3. The van der Waals surface area contributed by atoms with Gasteiger partial charge in [-0.1, -0.05) is 50.0 Å². The van der Waals surface area contributed by atoms with E-state index < -0.39 is 8.07 Å². The minimum Gasteiger partial charge on any atom is -0.335 e. The predicted molar refractivity (Wildman–Crippen MR) is 111 cm³/mol. The molecule has 0 aliphatic heterocycles. The van der Waals surface area contributed by atoms with Gasteiger partial charge in [-0.05, 0) is 29.3 Å². The zero-order chi connectivity index (χ0) is 18.5. The number of rotatable bonds is 3. The first kappa shape index (κ1) is 16.8. The fraction of sp³-hybridized carbons (Fsp3) is 0.238. The lowest BCUT2D eigenvalue weighted by atomic mass is 10.2. The number of nitrogens with zero attached hydrogens (tertiary/aromatic N) is 2. The van der Waals surface area contributed by atoms with Crippen LogP contribution in [0.15, 0.2) is 53.6 Å². The summed E-state index contributed by atoms with van der Waals surface area (Å²) >= 11 is 0. The van der Waals surface area contributed by atoms with Gasteiger partial charge in [0.2, 0.25) is 0 Å². The summed E-state index contributed by atoms with van der Waals surface area (Å²) in [6.45, 7) is 9.58. The summed E-state index contributed by atoms with van der Waals surface area (Å²) in [4.78, 5) is 21.0. The minimum absolute atomic E-state index is 0.0153. The zero-order valence-corrected chi connectivity index (χ0v) is 16.6. The van der Waals surface area contributed by atoms with Crippen molar-refractivity contribution in [2.24, 2.45) is 0 Å². The Labute approximate surface area is 153 Å². The molecule has 0 bridgehead atoms. The smallest absolute Gasteiger partial charge is 0.275 e.